The van der Waals surface area contributed by atoms with Gasteiger partial charge in [0.15, 0.2) is 0 Å². The van der Waals surface area contributed by atoms with Crippen molar-refractivity contribution in [3.05, 3.63) is 0 Å². The lowest BCUT2D eigenvalue weighted by Crippen LogP contribution is -2.65. The molecule has 5 rings (SSSR count). The third-order valence-corrected chi connectivity index (χ3v) is 6.38. The number of carbonyl (C=O) groups is 1. The third kappa shape index (κ3) is 1.84. The van der Waals surface area contributed by atoms with Crippen LogP contribution in [-0.4, -0.2) is 22.7 Å². The number of nitrogens with one attached hydrogen (secondary N) is 1. The van der Waals surface area contributed by atoms with Crippen molar-refractivity contribution in [2.75, 3.05) is 0 Å². The first-order chi connectivity index (χ1) is 9.09. The van der Waals surface area contributed by atoms with Crippen molar-refractivity contribution in [2.24, 2.45) is 17.3 Å². The Hall–Kier alpha value is -0.570. The second kappa shape index (κ2) is 3.97. The summed E-state index contributed by atoms with van der Waals surface area (Å²) < 4.78 is 0. The smallest absolute Gasteiger partial charge is 0.309 e. The van der Waals surface area contributed by atoms with Crippen LogP contribution in [0.1, 0.15) is 64.2 Å². The molecular formula is C16H25NO2. The molecule has 5 fully saturated rings. The first kappa shape index (κ1) is 12.2. The molecule has 0 heterocycles. The van der Waals surface area contributed by atoms with Crippen LogP contribution < -0.4 is 5.32 Å². The Bertz CT molecular complexity index is 386. The number of hydrogen-bond donors (Lipinski definition) is 2. The van der Waals surface area contributed by atoms with Crippen LogP contribution in [0.2, 0.25) is 0 Å². The highest BCUT2D eigenvalue weighted by atomic mass is 16.4. The van der Waals surface area contributed by atoms with Crippen LogP contribution in [0.4, 0.5) is 0 Å². The summed E-state index contributed by atoms with van der Waals surface area (Å²) in [5.41, 5.74) is -0.201. The van der Waals surface area contributed by atoms with Gasteiger partial charge in [0, 0.05) is 11.6 Å². The Morgan fingerprint density at radius 3 is 2.26 bits per heavy atom. The van der Waals surface area contributed by atoms with Crippen molar-refractivity contribution in [3.63, 3.8) is 0 Å². The summed E-state index contributed by atoms with van der Waals surface area (Å²) in [5, 5.41) is 13.7. The van der Waals surface area contributed by atoms with Crippen molar-refractivity contribution in [1.29, 1.82) is 0 Å². The monoisotopic (exact) mass is 263 g/mol. The molecule has 0 aliphatic heterocycles. The maximum Gasteiger partial charge on any atom is 0.309 e. The zero-order chi connectivity index (χ0) is 13.1. The Labute approximate surface area is 115 Å². The number of carboxylic acid groups (broad SMARTS) is 1. The molecular weight excluding hydrogens is 238 g/mol. The number of aliphatic carboxylic acids is 1. The van der Waals surface area contributed by atoms with E-state index in [-0.39, 0.29) is 11.0 Å². The Kier molecular flexibility index (Phi) is 2.55. The molecule has 0 saturated heterocycles. The lowest BCUT2D eigenvalue weighted by molar-refractivity contribution is -0.169. The van der Waals surface area contributed by atoms with Crippen LogP contribution in [0, 0.1) is 17.3 Å². The second-order valence-corrected chi connectivity index (χ2v) is 7.95. The third-order valence-electron chi connectivity index (χ3n) is 6.38. The Balaban J connectivity index is 1.60. The minimum atomic E-state index is -0.515. The van der Waals surface area contributed by atoms with E-state index < -0.39 is 5.97 Å². The van der Waals surface area contributed by atoms with Gasteiger partial charge in [-0.05, 0) is 63.2 Å². The van der Waals surface area contributed by atoms with Gasteiger partial charge < -0.3 is 10.4 Å². The minimum Gasteiger partial charge on any atom is -0.481 e. The summed E-state index contributed by atoms with van der Waals surface area (Å²) in [5.74, 6) is 0.830. The number of rotatable bonds is 3. The largest absolute Gasteiger partial charge is 0.481 e. The predicted octanol–water partition coefficient (Wildman–Crippen LogP) is 2.94. The molecule has 2 unspecified atom stereocenters. The zero-order valence-corrected chi connectivity index (χ0v) is 11.7. The standard InChI is InChI=1S/C16H25NO2/c18-14(19)15-6-11-5-12(7-15)9-16(8-11,10-15)17-13-3-1-2-4-13/h11-13,17H,1-10H2,(H,18,19). The lowest BCUT2D eigenvalue weighted by atomic mass is 9.46. The topological polar surface area (TPSA) is 49.3 Å². The van der Waals surface area contributed by atoms with E-state index in [4.69, 9.17) is 0 Å². The van der Waals surface area contributed by atoms with E-state index in [0.717, 1.165) is 19.3 Å². The molecule has 0 spiro atoms. The van der Waals surface area contributed by atoms with Gasteiger partial charge >= 0.3 is 5.97 Å². The summed E-state index contributed by atoms with van der Waals surface area (Å²) in [7, 11) is 0. The van der Waals surface area contributed by atoms with Gasteiger partial charge in [-0.25, -0.2) is 0 Å². The number of carboxylic acids is 1. The van der Waals surface area contributed by atoms with Gasteiger partial charge in [0.1, 0.15) is 0 Å². The quantitative estimate of drug-likeness (QED) is 0.823. The van der Waals surface area contributed by atoms with E-state index in [9.17, 15) is 9.90 Å². The van der Waals surface area contributed by atoms with Crippen molar-refractivity contribution in [2.45, 2.75) is 75.8 Å². The molecule has 3 nitrogen and oxygen atoms in total. The van der Waals surface area contributed by atoms with E-state index in [1.165, 1.54) is 44.9 Å². The van der Waals surface area contributed by atoms with Gasteiger partial charge in [0.05, 0.1) is 5.41 Å². The predicted molar refractivity (Wildman–Crippen MR) is 72.9 cm³/mol. The van der Waals surface area contributed by atoms with Gasteiger partial charge in [-0.2, -0.15) is 0 Å². The molecule has 5 aliphatic rings. The molecule has 0 aromatic carbocycles. The molecule has 0 aromatic heterocycles. The molecule has 0 radical (unpaired) electrons. The van der Waals surface area contributed by atoms with E-state index in [0.29, 0.717) is 17.9 Å². The normalized spacial score (nSPS) is 48.8. The molecule has 0 aromatic rings. The minimum absolute atomic E-state index is 0.178. The second-order valence-electron chi connectivity index (χ2n) is 7.95. The molecule has 2 atom stereocenters. The summed E-state index contributed by atoms with van der Waals surface area (Å²) in [6, 6.07) is 0.669. The molecule has 2 N–H and O–H groups in total. The summed E-state index contributed by atoms with van der Waals surface area (Å²) in [6.07, 6.45) is 11.9. The van der Waals surface area contributed by atoms with Crippen LogP contribution in [0.25, 0.3) is 0 Å². The van der Waals surface area contributed by atoms with Crippen molar-refractivity contribution in [3.8, 4) is 0 Å². The maximum absolute atomic E-state index is 11.8. The average Bonchev–Trinajstić information content (AvgIpc) is 2.78. The number of hydrogen-bond acceptors (Lipinski definition) is 2. The van der Waals surface area contributed by atoms with E-state index in [1.807, 2.05) is 0 Å². The van der Waals surface area contributed by atoms with Crippen LogP contribution in [0.5, 0.6) is 0 Å². The summed E-state index contributed by atoms with van der Waals surface area (Å²) in [6.45, 7) is 0. The zero-order valence-electron chi connectivity index (χ0n) is 11.7. The summed E-state index contributed by atoms with van der Waals surface area (Å²) in [4.78, 5) is 11.8. The van der Waals surface area contributed by atoms with Crippen molar-refractivity contribution >= 4 is 5.97 Å². The Morgan fingerprint density at radius 1 is 1.05 bits per heavy atom. The Morgan fingerprint density at radius 2 is 1.68 bits per heavy atom. The molecule has 5 saturated carbocycles. The molecule has 0 amide bonds. The van der Waals surface area contributed by atoms with Gasteiger partial charge in [-0.15, -0.1) is 0 Å². The first-order valence-electron chi connectivity index (χ1n) is 8.10. The van der Waals surface area contributed by atoms with Gasteiger partial charge in [0.2, 0.25) is 0 Å². The molecule has 5 aliphatic carbocycles. The van der Waals surface area contributed by atoms with Crippen LogP contribution in [-0.2, 0) is 4.79 Å². The lowest BCUT2D eigenvalue weighted by Gasteiger charge is -2.61. The van der Waals surface area contributed by atoms with Gasteiger partial charge in [0.25, 0.3) is 0 Å². The van der Waals surface area contributed by atoms with Crippen LogP contribution in [0.15, 0.2) is 0 Å². The summed E-state index contributed by atoms with van der Waals surface area (Å²) >= 11 is 0. The molecule has 3 heteroatoms. The van der Waals surface area contributed by atoms with Crippen molar-refractivity contribution in [1.82, 2.24) is 5.32 Å². The van der Waals surface area contributed by atoms with Crippen LogP contribution >= 0.6 is 0 Å². The molecule has 19 heavy (non-hydrogen) atoms. The highest BCUT2D eigenvalue weighted by Gasteiger charge is 2.61. The first-order valence-corrected chi connectivity index (χ1v) is 8.10. The molecule has 4 bridgehead atoms. The van der Waals surface area contributed by atoms with E-state index >= 15 is 0 Å². The fraction of sp³-hybridized carbons (Fsp3) is 0.938. The van der Waals surface area contributed by atoms with E-state index in [2.05, 4.69) is 5.32 Å². The SMILES string of the molecule is O=C(O)C12CC3CC(CC(NC4CCCC4)(C3)C1)C2. The fourth-order valence-electron chi connectivity index (χ4n) is 6.18. The highest BCUT2D eigenvalue weighted by Crippen LogP contribution is 2.61. The average molecular weight is 263 g/mol. The van der Waals surface area contributed by atoms with E-state index in [1.54, 1.807) is 0 Å². The van der Waals surface area contributed by atoms with Crippen LogP contribution in [0.3, 0.4) is 0 Å². The van der Waals surface area contributed by atoms with Gasteiger partial charge in [-0.3, -0.25) is 4.79 Å². The fourth-order valence-corrected chi connectivity index (χ4v) is 6.18. The highest BCUT2D eigenvalue weighted by molar-refractivity contribution is 5.75. The maximum atomic E-state index is 11.8. The molecule has 106 valence electrons. The van der Waals surface area contributed by atoms with Crippen molar-refractivity contribution < 1.29 is 9.90 Å². The van der Waals surface area contributed by atoms with Gasteiger partial charge in [-0.1, -0.05) is 12.8 Å².